The Morgan fingerprint density at radius 3 is 2.57 bits per heavy atom. The Balaban J connectivity index is 1.42. The van der Waals surface area contributed by atoms with Crippen LogP contribution in [0, 0.1) is 0 Å². The van der Waals surface area contributed by atoms with E-state index >= 15 is 0 Å². The van der Waals surface area contributed by atoms with Crippen LogP contribution in [-0.4, -0.2) is 28.5 Å². The summed E-state index contributed by atoms with van der Waals surface area (Å²) in [7, 11) is 0. The van der Waals surface area contributed by atoms with Gasteiger partial charge < -0.3 is 16.0 Å². The molecule has 3 N–H and O–H groups in total. The molecule has 10 heteroatoms. The van der Waals surface area contributed by atoms with Gasteiger partial charge in [0.05, 0.1) is 24.4 Å². The number of benzene rings is 1. The molecule has 0 aliphatic rings. The summed E-state index contributed by atoms with van der Waals surface area (Å²) in [4.78, 5) is 40.9. The van der Waals surface area contributed by atoms with E-state index in [-0.39, 0.29) is 29.9 Å². The standard InChI is InChI=1S/C20H20N4O3S3/c1-13(25)22-14-4-2-5-15(8-14)23-19(27)12-30-20-24-16(11-29-20)9-18(26)21-10-17-6-3-7-28-17/h2-8,11H,9-10,12H2,1H3,(H,21,26)(H,22,25)(H,23,27). The van der Waals surface area contributed by atoms with Crippen molar-refractivity contribution >= 4 is 63.5 Å². The second-order valence-electron chi connectivity index (χ2n) is 6.24. The van der Waals surface area contributed by atoms with Crippen LogP contribution in [0.2, 0.25) is 0 Å². The molecule has 0 radical (unpaired) electrons. The van der Waals surface area contributed by atoms with Gasteiger partial charge in [0.1, 0.15) is 0 Å². The second kappa shape index (κ2) is 10.9. The van der Waals surface area contributed by atoms with Crippen molar-refractivity contribution in [3.63, 3.8) is 0 Å². The Kier molecular flexibility index (Phi) is 8.00. The van der Waals surface area contributed by atoms with E-state index in [4.69, 9.17) is 0 Å². The lowest BCUT2D eigenvalue weighted by atomic mass is 10.2. The van der Waals surface area contributed by atoms with Crippen LogP contribution in [0.1, 0.15) is 17.5 Å². The molecular formula is C20H20N4O3S3. The third-order valence-electron chi connectivity index (χ3n) is 3.71. The minimum absolute atomic E-state index is 0.0814. The number of hydrogen-bond acceptors (Lipinski definition) is 7. The second-order valence-corrected chi connectivity index (χ2v) is 9.35. The average Bonchev–Trinajstić information content (AvgIpc) is 3.36. The predicted molar refractivity (Wildman–Crippen MR) is 122 cm³/mol. The van der Waals surface area contributed by atoms with Crippen LogP contribution >= 0.6 is 34.4 Å². The van der Waals surface area contributed by atoms with Gasteiger partial charge in [-0.3, -0.25) is 14.4 Å². The van der Waals surface area contributed by atoms with Gasteiger partial charge in [-0.15, -0.1) is 22.7 Å². The number of rotatable bonds is 9. The first kappa shape index (κ1) is 22.0. The summed E-state index contributed by atoms with van der Waals surface area (Å²) in [6.45, 7) is 1.95. The molecule has 2 aromatic heterocycles. The molecule has 2 heterocycles. The Hall–Kier alpha value is -2.69. The highest BCUT2D eigenvalue weighted by atomic mass is 32.2. The Morgan fingerprint density at radius 1 is 1.03 bits per heavy atom. The summed E-state index contributed by atoms with van der Waals surface area (Å²) in [5.41, 5.74) is 1.92. The molecule has 0 bridgehead atoms. The van der Waals surface area contributed by atoms with Gasteiger partial charge in [0.15, 0.2) is 4.34 Å². The van der Waals surface area contributed by atoms with Gasteiger partial charge in [-0.2, -0.15) is 0 Å². The zero-order chi connectivity index (χ0) is 21.3. The highest BCUT2D eigenvalue weighted by molar-refractivity contribution is 8.01. The molecule has 0 spiro atoms. The molecule has 7 nitrogen and oxygen atoms in total. The smallest absolute Gasteiger partial charge is 0.234 e. The molecule has 156 valence electrons. The molecule has 3 rings (SSSR count). The number of hydrogen-bond donors (Lipinski definition) is 3. The fourth-order valence-corrected chi connectivity index (χ4v) is 4.75. The fraction of sp³-hybridized carbons (Fsp3) is 0.200. The predicted octanol–water partition coefficient (Wildman–Crippen LogP) is 3.75. The van der Waals surface area contributed by atoms with Crippen LogP contribution in [-0.2, 0) is 27.3 Å². The number of carbonyl (C=O) groups excluding carboxylic acids is 3. The summed E-state index contributed by atoms with van der Waals surface area (Å²) in [6.07, 6.45) is 0.213. The molecule has 0 saturated heterocycles. The number of aromatic nitrogens is 1. The van der Waals surface area contributed by atoms with E-state index < -0.39 is 0 Å². The molecule has 0 fully saturated rings. The molecule has 0 aliphatic heterocycles. The van der Waals surface area contributed by atoms with Crippen LogP contribution in [0.15, 0.2) is 51.5 Å². The van der Waals surface area contributed by atoms with Crippen molar-refractivity contribution in [3.8, 4) is 0 Å². The Morgan fingerprint density at radius 2 is 1.83 bits per heavy atom. The summed E-state index contributed by atoms with van der Waals surface area (Å²) in [5.74, 6) is -0.233. The van der Waals surface area contributed by atoms with Gasteiger partial charge in [0.25, 0.3) is 0 Å². The third kappa shape index (κ3) is 7.29. The molecule has 3 aromatic rings. The monoisotopic (exact) mass is 460 g/mol. The van der Waals surface area contributed by atoms with Gasteiger partial charge in [-0.1, -0.05) is 23.9 Å². The van der Waals surface area contributed by atoms with Crippen LogP contribution in [0.4, 0.5) is 11.4 Å². The average molecular weight is 461 g/mol. The maximum absolute atomic E-state index is 12.2. The van der Waals surface area contributed by atoms with Crippen molar-refractivity contribution in [1.29, 1.82) is 0 Å². The van der Waals surface area contributed by atoms with Crippen LogP contribution in [0.5, 0.6) is 0 Å². The first-order valence-corrected chi connectivity index (χ1v) is 11.8. The first-order chi connectivity index (χ1) is 14.5. The van der Waals surface area contributed by atoms with Crippen molar-refractivity contribution < 1.29 is 14.4 Å². The van der Waals surface area contributed by atoms with Gasteiger partial charge >= 0.3 is 0 Å². The van der Waals surface area contributed by atoms with E-state index in [0.717, 1.165) is 9.22 Å². The summed E-state index contributed by atoms with van der Waals surface area (Å²) in [5, 5.41) is 12.2. The molecule has 30 heavy (non-hydrogen) atoms. The number of nitrogens with zero attached hydrogens (tertiary/aromatic N) is 1. The van der Waals surface area contributed by atoms with E-state index in [0.29, 0.717) is 23.6 Å². The third-order valence-corrected chi connectivity index (χ3v) is 6.65. The van der Waals surface area contributed by atoms with E-state index in [2.05, 4.69) is 20.9 Å². The van der Waals surface area contributed by atoms with Crippen molar-refractivity contribution in [2.45, 2.75) is 24.2 Å². The van der Waals surface area contributed by atoms with Crippen molar-refractivity contribution in [3.05, 3.63) is 57.7 Å². The zero-order valence-electron chi connectivity index (χ0n) is 16.1. The SMILES string of the molecule is CC(=O)Nc1cccc(NC(=O)CSc2nc(CC(=O)NCc3cccs3)cs2)c1. The lowest BCUT2D eigenvalue weighted by Gasteiger charge is -2.07. The number of amides is 3. The summed E-state index contributed by atoms with van der Waals surface area (Å²) < 4.78 is 0.734. The van der Waals surface area contributed by atoms with Gasteiger partial charge in [-0.25, -0.2) is 4.98 Å². The van der Waals surface area contributed by atoms with Crippen molar-refractivity contribution in [2.75, 3.05) is 16.4 Å². The molecule has 0 atom stereocenters. The van der Waals surface area contributed by atoms with Gasteiger partial charge in [0, 0.05) is 28.6 Å². The van der Waals surface area contributed by atoms with Gasteiger partial charge in [-0.05, 0) is 29.6 Å². The van der Waals surface area contributed by atoms with E-state index in [9.17, 15) is 14.4 Å². The molecular weight excluding hydrogens is 440 g/mol. The normalized spacial score (nSPS) is 10.4. The number of anilines is 2. The minimum Gasteiger partial charge on any atom is -0.351 e. The maximum Gasteiger partial charge on any atom is 0.234 e. The highest BCUT2D eigenvalue weighted by Gasteiger charge is 2.10. The molecule has 3 amide bonds. The molecule has 0 saturated carbocycles. The van der Waals surface area contributed by atoms with E-state index in [1.165, 1.54) is 30.0 Å². The molecule has 0 unspecified atom stereocenters. The van der Waals surface area contributed by atoms with Crippen LogP contribution < -0.4 is 16.0 Å². The lowest BCUT2D eigenvalue weighted by molar-refractivity contribution is -0.120. The largest absolute Gasteiger partial charge is 0.351 e. The number of thiophene rings is 1. The van der Waals surface area contributed by atoms with Crippen molar-refractivity contribution in [2.24, 2.45) is 0 Å². The Labute approximate surface area is 186 Å². The van der Waals surface area contributed by atoms with E-state index in [1.54, 1.807) is 35.6 Å². The quantitative estimate of drug-likeness (QED) is 0.422. The first-order valence-electron chi connectivity index (χ1n) is 9.02. The summed E-state index contributed by atoms with van der Waals surface area (Å²) in [6, 6.07) is 10.9. The number of carbonyl (C=O) groups is 3. The molecule has 0 aliphatic carbocycles. The lowest BCUT2D eigenvalue weighted by Crippen LogP contribution is -2.24. The fourth-order valence-electron chi connectivity index (χ4n) is 2.46. The number of thiazole rings is 1. The Bertz CT molecular complexity index is 1020. The zero-order valence-corrected chi connectivity index (χ0v) is 18.6. The van der Waals surface area contributed by atoms with Crippen molar-refractivity contribution in [1.82, 2.24) is 10.3 Å². The van der Waals surface area contributed by atoms with Gasteiger partial charge in [0.2, 0.25) is 17.7 Å². The van der Waals surface area contributed by atoms with Crippen LogP contribution in [0.25, 0.3) is 0 Å². The van der Waals surface area contributed by atoms with Crippen LogP contribution in [0.3, 0.4) is 0 Å². The highest BCUT2D eigenvalue weighted by Crippen LogP contribution is 2.23. The number of thioether (sulfide) groups is 1. The van der Waals surface area contributed by atoms with E-state index in [1.807, 2.05) is 22.9 Å². The minimum atomic E-state index is -0.176. The molecule has 1 aromatic carbocycles. The maximum atomic E-state index is 12.2. The topological polar surface area (TPSA) is 100 Å². The summed E-state index contributed by atoms with van der Waals surface area (Å²) >= 11 is 4.33. The number of nitrogens with one attached hydrogen (secondary N) is 3.